The highest BCUT2D eigenvalue weighted by atomic mass is 32.1. The summed E-state index contributed by atoms with van der Waals surface area (Å²) < 4.78 is 0. The number of nitrogens with zero attached hydrogens (tertiary/aromatic N) is 1. The van der Waals surface area contributed by atoms with Gasteiger partial charge in [-0.15, -0.1) is 11.3 Å². The molecule has 1 aromatic heterocycles. The van der Waals surface area contributed by atoms with Crippen LogP contribution in [0.3, 0.4) is 0 Å². The van der Waals surface area contributed by atoms with Gasteiger partial charge in [0.15, 0.2) is 0 Å². The average Bonchev–Trinajstić information content (AvgIpc) is 3.00. The Bertz CT molecular complexity index is 763. The Kier molecular flexibility index (Phi) is 4.74. The standard InChI is InChI=1S/C19H21NOS/c1-2-3-4-5-6-19-20-13-18(22-19)16-8-7-15-12-17(21)10-9-14(15)11-16/h7-13,21H,2-6H2,1H3. The number of fused-ring (bicyclic) bond motifs is 1. The fourth-order valence-electron chi connectivity index (χ4n) is 2.65. The van der Waals surface area contributed by atoms with Crippen LogP contribution in [0.15, 0.2) is 42.6 Å². The lowest BCUT2D eigenvalue weighted by Crippen LogP contribution is -1.83. The van der Waals surface area contributed by atoms with Gasteiger partial charge in [-0.25, -0.2) is 4.98 Å². The summed E-state index contributed by atoms with van der Waals surface area (Å²) in [7, 11) is 0. The summed E-state index contributed by atoms with van der Waals surface area (Å²) in [6, 6.07) is 11.8. The average molecular weight is 311 g/mol. The number of aromatic nitrogens is 1. The Morgan fingerprint density at radius 3 is 2.68 bits per heavy atom. The molecule has 0 unspecified atom stereocenters. The normalized spacial score (nSPS) is 11.1. The first kappa shape index (κ1) is 15.0. The van der Waals surface area contributed by atoms with Crippen molar-refractivity contribution in [1.29, 1.82) is 0 Å². The van der Waals surface area contributed by atoms with Crippen LogP contribution in [0.4, 0.5) is 0 Å². The summed E-state index contributed by atoms with van der Waals surface area (Å²) >= 11 is 1.80. The Balaban J connectivity index is 1.76. The number of unbranched alkanes of at least 4 members (excludes halogenated alkanes) is 3. The Hall–Kier alpha value is -1.87. The first-order valence-electron chi connectivity index (χ1n) is 7.94. The van der Waals surface area contributed by atoms with E-state index >= 15 is 0 Å². The monoisotopic (exact) mass is 311 g/mol. The van der Waals surface area contributed by atoms with E-state index in [-0.39, 0.29) is 0 Å². The fraction of sp³-hybridized carbons (Fsp3) is 0.316. The van der Waals surface area contributed by atoms with Gasteiger partial charge in [-0.2, -0.15) is 0 Å². The van der Waals surface area contributed by atoms with Gasteiger partial charge in [0.2, 0.25) is 0 Å². The van der Waals surface area contributed by atoms with Crippen molar-refractivity contribution in [3.05, 3.63) is 47.6 Å². The Labute approximate surface area is 135 Å². The molecule has 0 fully saturated rings. The zero-order valence-corrected chi connectivity index (χ0v) is 13.7. The highest BCUT2D eigenvalue weighted by Gasteiger charge is 2.06. The minimum atomic E-state index is 0.312. The molecule has 114 valence electrons. The van der Waals surface area contributed by atoms with E-state index in [1.165, 1.54) is 41.1 Å². The van der Waals surface area contributed by atoms with E-state index in [1.807, 2.05) is 12.3 Å². The van der Waals surface area contributed by atoms with Crippen molar-refractivity contribution in [2.45, 2.75) is 39.0 Å². The number of rotatable bonds is 6. The third kappa shape index (κ3) is 3.47. The molecule has 0 aliphatic rings. The van der Waals surface area contributed by atoms with E-state index < -0.39 is 0 Å². The maximum absolute atomic E-state index is 9.53. The maximum Gasteiger partial charge on any atom is 0.116 e. The minimum Gasteiger partial charge on any atom is -0.508 e. The molecule has 3 aromatic rings. The van der Waals surface area contributed by atoms with Crippen LogP contribution in [0.2, 0.25) is 0 Å². The molecule has 3 heteroatoms. The van der Waals surface area contributed by atoms with Crippen molar-refractivity contribution in [3.8, 4) is 16.2 Å². The van der Waals surface area contributed by atoms with E-state index in [0.717, 1.165) is 17.2 Å². The van der Waals surface area contributed by atoms with Crippen LogP contribution >= 0.6 is 11.3 Å². The lowest BCUT2D eigenvalue weighted by molar-refractivity contribution is 0.476. The topological polar surface area (TPSA) is 33.1 Å². The molecule has 3 rings (SSSR count). The molecular formula is C19H21NOS. The third-order valence-electron chi connectivity index (χ3n) is 3.91. The van der Waals surface area contributed by atoms with Gasteiger partial charge in [0.25, 0.3) is 0 Å². The van der Waals surface area contributed by atoms with Crippen LogP contribution in [-0.4, -0.2) is 10.1 Å². The second-order valence-electron chi connectivity index (χ2n) is 5.68. The number of benzene rings is 2. The number of phenols is 1. The molecule has 0 atom stereocenters. The molecule has 0 bridgehead atoms. The van der Waals surface area contributed by atoms with Gasteiger partial charge in [0.1, 0.15) is 5.75 Å². The molecule has 0 spiro atoms. The molecule has 1 heterocycles. The number of aromatic hydroxyl groups is 1. The highest BCUT2D eigenvalue weighted by Crippen LogP contribution is 2.30. The van der Waals surface area contributed by atoms with Gasteiger partial charge in [-0.1, -0.05) is 44.4 Å². The van der Waals surface area contributed by atoms with Crippen LogP contribution in [0.1, 0.15) is 37.6 Å². The summed E-state index contributed by atoms with van der Waals surface area (Å²) in [5.74, 6) is 0.312. The zero-order valence-electron chi connectivity index (χ0n) is 12.9. The van der Waals surface area contributed by atoms with E-state index in [2.05, 4.69) is 30.1 Å². The lowest BCUT2D eigenvalue weighted by atomic mass is 10.1. The van der Waals surface area contributed by atoms with Crippen LogP contribution in [0, 0.1) is 0 Å². The summed E-state index contributed by atoms with van der Waals surface area (Å²) in [6.45, 7) is 2.24. The molecule has 0 saturated heterocycles. The number of thiazole rings is 1. The predicted molar refractivity (Wildman–Crippen MR) is 94.6 cm³/mol. The second kappa shape index (κ2) is 6.93. The summed E-state index contributed by atoms with van der Waals surface area (Å²) in [4.78, 5) is 5.79. The highest BCUT2D eigenvalue weighted by molar-refractivity contribution is 7.15. The molecule has 0 radical (unpaired) electrons. The van der Waals surface area contributed by atoms with Crippen molar-refractivity contribution in [1.82, 2.24) is 4.98 Å². The van der Waals surface area contributed by atoms with Gasteiger partial charge < -0.3 is 5.11 Å². The first-order valence-corrected chi connectivity index (χ1v) is 8.76. The molecule has 0 aliphatic carbocycles. The quantitative estimate of drug-likeness (QED) is 0.584. The number of hydrogen-bond acceptors (Lipinski definition) is 3. The summed E-state index contributed by atoms with van der Waals surface area (Å²) in [5, 5.41) is 13.0. The van der Waals surface area contributed by atoms with Gasteiger partial charge >= 0.3 is 0 Å². The van der Waals surface area contributed by atoms with Gasteiger partial charge in [-0.05, 0) is 47.4 Å². The molecule has 0 amide bonds. The SMILES string of the molecule is CCCCCCc1ncc(-c2ccc3cc(O)ccc3c2)s1. The Morgan fingerprint density at radius 1 is 1.00 bits per heavy atom. The van der Waals surface area contributed by atoms with Crippen molar-refractivity contribution in [2.75, 3.05) is 0 Å². The molecule has 0 aliphatic heterocycles. The van der Waals surface area contributed by atoms with Gasteiger partial charge in [0, 0.05) is 6.20 Å². The summed E-state index contributed by atoms with van der Waals surface area (Å²) in [6.07, 6.45) is 8.20. The van der Waals surface area contributed by atoms with Crippen LogP contribution in [0.25, 0.3) is 21.2 Å². The van der Waals surface area contributed by atoms with Crippen molar-refractivity contribution >= 4 is 22.1 Å². The molecule has 2 aromatic carbocycles. The lowest BCUT2D eigenvalue weighted by Gasteiger charge is -2.02. The Morgan fingerprint density at radius 2 is 1.82 bits per heavy atom. The molecule has 2 nitrogen and oxygen atoms in total. The fourth-order valence-corrected chi connectivity index (χ4v) is 3.60. The molecule has 22 heavy (non-hydrogen) atoms. The van der Waals surface area contributed by atoms with E-state index in [9.17, 15) is 5.11 Å². The van der Waals surface area contributed by atoms with E-state index in [4.69, 9.17) is 0 Å². The molecular weight excluding hydrogens is 290 g/mol. The number of phenolic OH excluding ortho intramolecular Hbond substituents is 1. The minimum absolute atomic E-state index is 0.312. The van der Waals surface area contributed by atoms with Crippen molar-refractivity contribution in [3.63, 3.8) is 0 Å². The smallest absolute Gasteiger partial charge is 0.116 e. The maximum atomic E-state index is 9.53. The largest absolute Gasteiger partial charge is 0.508 e. The van der Waals surface area contributed by atoms with Crippen LogP contribution in [-0.2, 0) is 6.42 Å². The van der Waals surface area contributed by atoms with Crippen LogP contribution < -0.4 is 0 Å². The van der Waals surface area contributed by atoms with Crippen molar-refractivity contribution < 1.29 is 5.11 Å². The molecule has 1 N–H and O–H groups in total. The second-order valence-corrected chi connectivity index (χ2v) is 6.79. The summed E-state index contributed by atoms with van der Waals surface area (Å²) in [5.41, 5.74) is 1.20. The predicted octanol–water partition coefficient (Wildman–Crippen LogP) is 5.79. The van der Waals surface area contributed by atoms with Gasteiger partial charge in [0.05, 0.1) is 9.88 Å². The van der Waals surface area contributed by atoms with E-state index in [0.29, 0.717) is 5.75 Å². The van der Waals surface area contributed by atoms with Crippen molar-refractivity contribution in [2.24, 2.45) is 0 Å². The zero-order chi connectivity index (χ0) is 15.4. The molecule has 0 saturated carbocycles. The number of hydrogen-bond donors (Lipinski definition) is 1. The third-order valence-corrected chi connectivity index (χ3v) is 5.01. The van der Waals surface area contributed by atoms with Crippen LogP contribution in [0.5, 0.6) is 5.75 Å². The van der Waals surface area contributed by atoms with E-state index in [1.54, 1.807) is 23.5 Å². The number of aryl methyl sites for hydroxylation is 1. The first-order chi connectivity index (χ1) is 10.8. The van der Waals surface area contributed by atoms with Gasteiger partial charge in [-0.3, -0.25) is 0 Å².